The van der Waals surface area contributed by atoms with Crippen molar-refractivity contribution in [3.63, 3.8) is 0 Å². The van der Waals surface area contributed by atoms with E-state index in [2.05, 4.69) is 50.2 Å². The zero-order valence-corrected chi connectivity index (χ0v) is 13.6. The van der Waals surface area contributed by atoms with Gasteiger partial charge in [0.05, 0.1) is 5.69 Å². The van der Waals surface area contributed by atoms with E-state index in [-0.39, 0.29) is 0 Å². The van der Waals surface area contributed by atoms with Crippen molar-refractivity contribution < 1.29 is 0 Å². The summed E-state index contributed by atoms with van der Waals surface area (Å²) in [6.45, 7) is 13.4. The van der Waals surface area contributed by atoms with E-state index in [1.807, 2.05) is 0 Å². The average Bonchev–Trinajstić information content (AvgIpc) is 2.79. The van der Waals surface area contributed by atoms with E-state index in [0.29, 0.717) is 12.1 Å². The van der Waals surface area contributed by atoms with Gasteiger partial charge in [0.15, 0.2) is 5.13 Å². The first-order valence-corrected chi connectivity index (χ1v) is 8.29. The number of nitrogens with zero attached hydrogens (tertiary/aromatic N) is 2. The molecule has 0 radical (unpaired) electrons. The number of aromatic nitrogens is 1. The van der Waals surface area contributed by atoms with Gasteiger partial charge in [-0.2, -0.15) is 0 Å². The summed E-state index contributed by atoms with van der Waals surface area (Å²) in [7, 11) is 0. The Morgan fingerprint density at radius 2 is 2.16 bits per heavy atom. The lowest BCUT2D eigenvalue weighted by Gasteiger charge is -2.41. The molecule has 0 saturated carbocycles. The van der Waals surface area contributed by atoms with Gasteiger partial charge in [0.1, 0.15) is 0 Å². The predicted octanol–water partition coefficient (Wildman–Crippen LogP) is 3.51. The Labute approximate surface area is 121 Å². The fourth-order valence-corrected chi connectivity index (χ4v) is 3.71. The van der Waals surface area contributed by atoms with Crippen LogP contribution in [0.25, 0.3) is 0 Å². The van der Waals surface area contributed by atoms with E-state index in [1.54, 1.807) is 11.3 Å². The number of piperidine rings is 1. The molecule has 1 aliphatic heterocycles. The lowest BCUT2D eigenvalue weighted by molar-refractivity contribution is 0.296. The largest absolute Gasteiger partial charge is 0.345 e. The molecule has 19 heavy (non-hydrogen) atoms. The molecule has 3 nitrogen and oxygen atoms in total. The summed E-state index contributed by atoms with van der Waals surface area (Å²) in [5.74, 6) is 1.53. The Morgan fingerprint density at radius 3 is 2.84 bits per heavy atom. The molecular formula is C15H27N3S. The zero-order valence-electron chi connectivity index (χ0n) is 12.8. The normalized spacial score (nSPS) is 28.1. The summed E-state index contributed by atoms with van der Waals surface area (Å²) in [6.07, 6.45) is 1.34. The van der Waals surface area contributed by atoms with Crippen LogP contribution in [0.5, 0.6) is 0 Å². The first-order valence-electron chi connectivity index (χ1n) is 7.41. The maximum Gasteiger partial charge on any atom is 0.185 e. The van der Waals surface area contributed by atoms with Crippen molar-refractivity contribution in [3.05, 3.63) is 11.1 Å². The molecule has 3 unspecified atom stereocenters. The number of rotatable bonds is 4. The highest BCUT2D eigenvalue weighted by molar-refractivity contribution is 7.13. The second kappa shape index (κ2) is 6.23. The molecule has 1 saturated heterocycles. The van der Waals surface area contributed by atoms with Crippen LogP contribution in [0.3, 0.4) is 0 Å². The summed E-state index contributed by atoms with van der Waals surface area (Å²) in [6, 6.07) is 1.12. The molecule has 3 atom stereocenters. The molecule has 0 aliphatic carbocycles. The van der Waals surface area contributed by atoms with E-state index in [4.69, 9.17) is 4.98 Å². The fourth-order valence-electron chi connectivity index (χ4n) is 2.79. The third-order valence-electron chi connectivity index (χ3n) is 4.07. The van der Waals surface area contributed by atoms with Crippen LogP contribution in [0.2, 0.25) is 0 Å². The molecule has 1 fully saturated rings. The molecule has 2 rings (SSSR count). The van der Waals surface area contributed by atoms with E-state index >= 15 is 0 Å². The van der Waals surface area contributed by atoms with Crippen LogP contribution >= 0.6 is 11.3 Å². The van der Waals surface area contributed by atoms with Gasteiger partial charge in [-0.25, -0.2) is 4.98 Å². The topological polar surface area (TPSA) is 28.2 Å². The Hall–Kier alpha value is -0.610. The Bertz CT molecular complexity index is 402. The average molecular weight is 281 g/mol. The maximum absolute atomic E-state index is 4.81. The van der Waals surface area contributed by atoms with Crippen molar-refractivity contribution in [2.24, 2.45) is 11.8 Å². The lowest BCUT2D eigenvalue weighted by Crippen LogP contribution is -2.45. The number of anilines is 1. The van der Waals surface area contributed by atoms with Crippen molar-refractivity contribution in [2.45, 2.75) is 59.7 Å². The molecule has 0 spiro atoms. The van der Waals surface area contributed by atoms with Crippen LogP contribution in [0.15, 0.2) is 5.38 Å². The van der Waals surface area contributed by atoms with Gasteiger partial charge in [0.25, 0.3) is 0 Å². The first-order chi connectivity index (χ1) is 8.97. The summed E-state index contributed by atoms with van der Waals surface area (Å²) in [5, 5.41) is 6.83. The monoisotopic (exact) mass is 281 g/mol. The third kappa shape index (κ3) is 3.69. The maximum atomic E-state index is 4.81. The van der Waals surface area contributed by atoms with E-state index in [0.717, 1.165) is 24.9 Å². The Kier molecular flexibility index (Phi) is 4.85. The highest BCUT2D eigenvalue weighted by Crippen LogP contribution is 2.32. The SMILES string of the molecule is CC1CC(C)C(C)N(c2nc(CNC(C)C)cs2)C1. The molecule has 0 amide bonds. The van der Waals surface area contributed by atoms with Gasteiger partial charge in [0.2, 0.25) is 0 Å². The quantitative estimate of drug-likeness (QED) is 0.915. The van der Waals surface area contributed by atoms with Crippen LogP contribution in [-0.4, -0.2) is 23.6 Å². The van der Waals surface area contributed by atoms with Crippen LogP contribution in [-0.2, 0) is 6.54 Å². The first kappa shape index (κ1) is 14.8. The number of hydrogen-bond acceptors (Lipinski definition) is 4. The van der Waals surface area contributed by atoms with Crippen molar-refractivity contribution in [1.29, 1.82) is 0 Å². The van der Waals surface area contributed by atoms with Gasteiger partial charge < -0.3 is 10.2 Å². The van der Waals surface area contributed by atoms with Gasteiger partial charge in [-0.1, -0.05) is 27.7 Å². The van der Waals surface area contributed by atoms with Gasteiger partial charge in [-0.15, -0.1) is 11.3 Å². The number of thiazole rings is 1. The summed E-state index contributed by atoms with van der Waals surface area (Å²) in [5.41, 5.74) is 1.17. The minimum atomic E-state index is 0.513. The number of hydrogen-bond donors (Lipinski definition) is 1. The fraction of sp³-hybridized carbons (Fsp3) is 0.800. The molecule has 1 aromatic rings. The van der Waals surface area contributed by atoms with Gasteiger partial charge in [0, 0.05) is 30.6 Å². The zero-order chi connectivity index (χ0) is 14.0. The summed E-state index contributed by atoms with van der Waals surface area (Å²) in [4.78, 5) is 7.31. The summed E-state index contributed by atoms with van der Waals surface area (Å²) >= 11 is 1.79. The summed E-state index contributed by atoms with van der Waals surface area (Å²) < 4.78 is 0. The standard InChI is InChI=1S/C15H27N3S/c1-10(2)16-7-14-9-19-15(17-14)18-8-11(3)6-12(4)13(18)5/h9-13,16H,6-8H2,1-5H3. The molecule has 1 N–H and O–H groups in total. The van der Waals surface area contributed by atoms with Crippen LogP contribution < -0.4 is 10.2 Å². The van der Waals surface area contributed by atoms with E-state index in [1.165, 1.54) is 17.2 Å². The molecule has 1 aromatic heterocycles. The van der Waals surface area contributed by atoms with Crippen molar-refractivity contribution in [3.8, 4) is 0 Å². The second-order valence-electron chi connectivity index (χ2n) is 6.37. The smallest absolute Gasteiger partial charge is 0.185 e. The van der Waals surface area contributed by atoms with Crippen LogP contribution in [0, 0.1) is 11.8 Å². The molecule has 4 heteroatoms. The van der Waals surface area contributed by atoms with E-state index in [9.17, 15) is 0 Å². The lowest BCUT2D eigenvalue weighted by atomic mass is 9.86. The number of nitrogens with one attached hydrogen (secondary N) is 1. The van der Waals surface area contributed by atoms with E-state index < -0.39 is 0 Å². The van der Waals surface area contributed by atoms with Gasteiger partial charge >= 0.3 is 0 Å². The Balaban J connectivity index is 2.04. The molecule has 0 bridgehead atoms. The predicted molar refractivity (Wildman–Crippen MR) is 83.8 cm³/mol. The van der Waals surface area contributed by atoms with Crippen molar-refractivity contribution in [2.75, 3.05) is 11.4 Å². The third-order valence-corrected chi connectivity index (χ3v) is 5.00. The molecule has 108 valence electrons. The van der Waals surface area contributed by atoms with Crippen molar-refractivity contribution in [1.82, 2.24) is 10.3 Å². The van der Waals surface area contributed by atoms with Gasteiger partial charge in [-0.3, -0.25) is 0 Å². The Morgan fingerprint density at radius 1 is 1.42 bits per heavy atom. The van der Waals surface area contributed by atoms with Crippen molar-refractivity contribution >= 4 is 16.5 Å². The van der Waals surface area contributed by atoms with Crippen LogP contribution in [0.1, 0.15) is 46.7 Å². The van der Waals surface area contributed by atoms with Crippen LogP contribution in [0.4, 0.5) is 5.13 Å². The highest BCUT2D eigenvalue weighted by atomic mass is 32.1. The molecule has 2 heterocycles. The minimum Gasteiger partial charge on any atom is -0.345 e. The molecule has 0 aromatic carbocycles. The molecule has 1 aliphatic rings. The second-order valence-corrected chi connectivity index (χ2v) is 7.20. The minimum absolute atomic E-state index is 0.513. The highest BCUT2D eigenvalue weighted by Gasteiger charge is 2.30. The molecular weight excluding hydrogens is 254 g/mol. The van der Waals surface area contributed by atoms with Gasteiger partial charge in [-0.05, 0) is 25.2 Å².